The van der Waals surface area contributed by atoms with Crippen LogP contribution in [0.1, 0.15) is 27.7 Å². The average molecular weight is 216 g/mol. The highest BCUT2D eigenvalue weighted by Gasteiger charge is 2.41. The van der Waals surface area contributed by atoms with Gasteiger partial charge in [0.15, 0.2) is 0 Å². The number of nitrogens with two attached hydrogens (primary N) is 1. The van der Waals surface area contributed by atoms with E-state index in [2.05, 4.69) is 17.9 Å². The summed E-state index contributed by atoms with van der Waals surface area (Å²) in [6.45, 7) is 7.51. The quantitative estimate of drug-likeness (QED) is 0.354. The third kappa shape index (κ3) is 1.85. The van der Waals surface area contributed by atoms with Crippen molar-refractivity contribution < 1.29 is 4.79 Å². The maximum Gasteiger partial charge on any atom is 0.268 e. The lowest BCUT2D eigenvalue weighted by atomic mass is 9.86. The first-order valence-electron chi connectivity index (χ1n) is 4.37. The topological polar surface area (TPSA) is 61.9 Å². The predicted molar refractivity (Wildman–Crippen MR) is 58.2 cm³/mol. The van der Waals surface area contributed by atoms with Crippen molar-refractivity contribution in [2.45, 2.75) is 33.7 Å². The molecule has 5 nitrogen and oxygen atoms in total. The van der Waals surface area contributed by atoms with Crippen molar-refractivity contribution in [3.63, 3.8) is 0 Å². The summed E-state index contributed by atoms with van der Waals surface area (Å²) >= 11 is 4.15. The smallest absolute Gasteiger partial charge is 0.268 e. The van der Waals surface area contributed by atoms with Gasteiger partial charge in [0.25, 0.3) is 5.91 Å². The molecule has 80 valence electrons. The lowest BCUT2D eigenvalue weighted by Crippen LogP contribution is -2.58. The van der Waals surface area contributed by atoms with E-state index in [9.17, 15) is 4.79 Å². The number of carbonyl (C=O) groups excluding carboxylic acids is 1. The first-order valence-corrected chi connectivity index (χ1v) is 4.77. The number of amides is 1. The maximum atomic E-state index is 11.8. The lowest BCUT2D eigenvalue weighted by Gasteiger charge is -2.39. The molecule has 1 atom stereocenters. The van der Waals surface area contributed by atoms with Crippen molar-refractivity contribution in [3.05, 3.63) is 0 Å². The molecule has 0 saturated heterocycles. The van der Waals surface area contributed by atoms with Crippen LogP contribution in [0.4, 0.5) is 0 Å². The molecule has 2 N–H and O–H groups in total. The molecule has 0 aromatic heterocycles. The van der Waals surface area contributed by atoms with Crippen molar-refractivity contribution in [1.82, 2.24) is 9.42 Å². The van der Waals surface area contributed by atoms with Gasteiger partial charge in [0.2, 0.25) is 0 Å². The molecular formula is C8H16N4OS. The van der Waals surface area contributed by atoms with Crippen molar-refractivity contribution in [1.29, 1.82) is 0 Å². The number of hydrogen-bond acceptors (Lipinski definition) is 5. The van der Waals surface area contributed by atoms with Crippen LogP contribution in [0.3, 0.4) is 0 Å². The number of hydrazine groups is 1. The molecule has 1 amide bonds. The minimum absolute atomic E-state index is 0.181. The molecule has 1 heterocycles. The van der Waals surface area contributed by atoms with Crippen molar-refractivity contribution >= 4 is 24.6 Å². The molecule has 6 heteroatoms. The Morgan fingerprint density at radius 1 is 1.50 bits per heavy atom. The fourth-order valence-electron chi connectivity index (χ4n) is 1.36. The van der Waals surface area contributed by atoms with E-state index in [1.54, 1.807) is 6.92 Å². The Hall–Kier alpha value is -0.750. The highest BCUT2D eigenvalue weighted by atomic mass is 32.1. The number of hydrazone groups is 1. The molecule has 1 aliphatic rings. The largest absolute Gasteiger partial charge is 0.270 e. The van der Waals surface area contributed by atoms with Crippen LogP contribution in [0.2, 0.25) is 0 Å². The van der Waals surface area contributed by atoms with Gasteiger partial charge in [-0.2, -0.15) is 5.10 Å². The highest BCUT2D eigenvalue weighted by molar-refractivity contribution is 7.77. The van der Waals surface area contributed by atoms with Crippen LogP contribution in [0.25, 0.3) is 0 Å². The molecule has 0 aromatic carbocycles. The third-order valence-electron chi connectivity index (χ3n) is 2.12. The summed E-state index contributed by atoms with van der Waals surface area (Å²) in [6.07, 6.45) is 0. The molecule has 1 aliphatic heterocycles. The van der Waals surface area contributed by atoms with E-state index in [4.69, 9.17) is 5.84 Å². The molecule has 0 radical (unpaired) electrons. The molecule has 0 saturated carbocycles. The third-order valence-corrected chi connectivity index (χ3v) is 2.44. The van der Waals surface area contributed by atoms with Gasteiger partial charge in [-0.1, -0.05) is 20.8 Å². The first-order chi connectivity index (χ1) is 6.25. The molecule has 0 bridgehead atoms. The van der Waals surface area contributed by atoms with Gasteiger partial charge in [-0.05, 0) is 25.2 Å². The molecule has 0 aliphatic carbocycles. The fourth-order valence-corrected chi connectivity index (χ4v) is 1.94. The summed E-state index contributed by atoms with van der Waals surface area (Å²) < 4.78 is 1.38. The molecule has 14 heavy (non-hydrogen) atoms. The summed E-state index contributed by atoms with van der Waals surface area (Å²) in [5.41, 5.74) is -0.249. The van der Waals surface area contributed by atoms with Gasteiger partial charge in [-0.15, -0.1) is 0 Å². The molecule has 0 aromatic rings. The van der Waals surface area contributed by atoms with Crippen molar-refractivity contribution in [2.75, 3.05) is 0 Å². The average Bonchev–Trinajstić information content (AvgIpc) is 1.97. The van der Waals surface area contributed by atoms with Gasteiger partial charge in [-0.3, -0.25) is 4.79 Å². The number of hydrogen-bond donors (Lipinski definition) is 2. The second-order valence-electron chi connectivity index (χ2n) is 4.44. The number of nitrogens with zero attached hydrogens (tertiary/aromatic N) is 3. The van der Waals surface area contributed by atoms with E-state index in [0.29, 0.717) is 5.84 Å². The van der Waals surface area contributed by atoms with Crippen LogP contribution in [-0.4, -0.2) is 27.2 Å². The van der Waals surface area contributed by atoms with E-state index >= 15 is 0 Å². The number of rotatable bonds is 0. The molecule has 0 spiro atoms. The second kappa shape index (κ2) is 3.43. The Labute approximate surface area is 89.4 Å². The van der Waals surface area contributed by atoms with E-state index < -0.39 is 6.04 Å². The summed E-state index contributed by atoms with van der Waals surface area (Å²) in [6, 6.07) is -0.431. The normalized spacial score (nSPS) is 24.0. The molecule has 1 rings (SSSR count). The molecule has 0 fully saturated rings. The predicted octanol–water partition coefficient (Wildman–Crippen LogP) is 0.597. The van der Waals surface area contributed by atoms with Gasteiger partial charge < -0.3 is 0 Å². The summed E-state index contributed by atoms with van der Waals surface area (Å²) in [4.78, 5) is 11.8. The zero-order valence-corrected chi connectivity index (χ0v) is 9.75. The highest BCUT2D eigenvalue weighted by Crippen LogP contribution is 2.29. The Balaban J connectivity index is 3.06. The monoisotopic (exact) mass is 216 g/mol. The Morgan fingerprint density at radius 3 is 2.43 bits per heavy atom. The van der Waals surface area contributed by atoms with E-state index in [0.717, 1.165) is 5.01 Å². The maximum absolute atomic E-state index is 11.8. The van der Waals surface area contributed by atoms with Crippen LogP contribution >= 0.6 is 12.8 Å². The molecular weight excluding hydrogens is 200 g/mol. The summed E-state index contributed by atoms with van der Waals surface area (Å²) in [7, 11) is 0. The van der Waals surface area contributed by atoms with Crippen LogP contribution in [0.15, 0.2) is 5.10 Å². The van der Waals surface area contributed by atoms with E-state index in [1.807, 2.05) is 20.8 Å². The van der Waals surface area contributed by atoms with Crippen LogP contribution in [-0.2, 0) is 4.79 Å². The number of amidine groups is 1. The SMILES string of the molecule is CC1=NN(S)C(C(C)(C)C)C(=O)N1N. The second-order valence-corrected chi connectivity index (χ2v) is 4.85. The Bertz CT molecular complexity index is 284. The van der Waals surface area contributed by atoms with Crippen LogP contribution in [0.5, 0.6) is 0 Å². The van der Waals surface area contributed by atoms with Gasteiger partial charge in [0.05, 0.1) is 0 Å². The van der Waals surface area contributed by atoms with Crippen molar-refractivity contribution in [3.8, 4) is 0 Å². The van der Waals surface area contributed by atoms with E-state index in [1.165, 1.54) is 4.41 Å². The summed E-state index contributed by atoms with van der Waals surface area (Å²) in [5.74, 6) is 5.83. The zero-order valence-electron chi connectivity index (χ0n) is 8.85. The number of thiol groups is 1. The first kappa shape index (κ1) is 11.3. The van der Waals surface area contributed by atoms with Gasteiger partial charge in [-0.25, -0.2) is 15.3 Å². The van der Waals surface area contributed by atoms with Gasteiger partial charge in [0, 0.05) is 0 Å². The van der Waals surface area contributed by atoms with E-state index in [-0.39, 0.29) is 11.3 Å². The fraction of sp³-hybridized carbons (Fsp3) is 0.750. The zero-order chi connectivity index (χ0) is 11.1. The van der Waals surface area contributed by atoms with Crippen LogP contribution in [0, 0.1) is 5.41 Å². The number of carbonyl (C=O) groups is 1. The summed E-state index contributed by atoms with van der Waals surface area (Å²) in [5, 5.41) is 5.13. The lowest BCUT2D eigenvalue weighted by molar-refractivity contribution is -0.136. The Morgan fingerprint density at radius 2 is 2.00 bits per heavy atom. The van der Waals surface area contributed by atoms with Gasteiger partial charge >= 0.3 is 0 Å². The van der Waals surface area contributed by atoms with Crippen molar-refractivity contribution in [2.24, 2.45) is 16.4 Å². The minimum atomic E-state index is -0.431. The van der Waals surface area contributed by atoms with Crippen LogP contribution < -0.4 is 5.84 Å². The van der Waals surface area contributed by atoms with Gasteiger partial charge in [0.1, 0.15) is 11.9 Å². The molecule has 1 unspecified atom stereocenters. The Kier molecular flexibility index (Phi) is 2.78. The standard InChI is InChI=1S/C8H16N4OS/c1-5-10-12(14)6(8(2,3)4)7(13)11(5)9/h6,14H,9H2,1-4H3. The minimum Gasteiger partial charge on any atom is -0.270 e.